The molecule has 0 fully saturated rings. The number of hydrogen-bond donors (Lipinski definition) is 1. The molecule has 1 heterocycles. The predicted octanol–water partition coefficient (Wildman–Crippen LogP) is 3.64. The van der Waals surface area contributed by atoms with Crippen LogP contribution in [0.5, 0.6) is 5.75 Å². The molecule has 0 amide bonds. The van der Waals surface area contributed by atoms with Gasteiger partial charge in [0.1, 0.15) is 16.6 Å². The highest BCUT2D eigenvalue weighted by atomic mass is 32.2. The summed E-state index contributed by atoms with van der Waals surface area (Å²) in [6, 6.07) is 20.3. The predicted molar refractivity (Wildman–Crippen MR) is 99.5 cm³/mol. The average Bonchev–Trinajstić information content (AvgIpc) is 3.17. The van der Waals surface area contributed by atoms with E-state index in [1.165, 1.54) is 12.3 Å². The molecule has 0 unspecified atom stereocenters. The van der Waals surface area contributed by atoms with Gasteiger partial charge in [-0.3, -0.25) is 0 Å². The number of hydrazone groups is 1. The van der Waals surface area contributed by atoms with Gasteiger partial charge in [0, 0.05) is 5.56 Å². The van der Waals surface area contributed by atoms with E-state index < -0.39 is 10.0 Å². The van der Waals surface area contributed by atoms with Crippen molar-refractivity contribution in [2.75, 3.05) is 0 Å². The summed E-state index contributed by atoms with van der Waals surface area (Å²) < 4.78 is 30.1. The maximum absolute atomic E-state index is 12.0. The number of para-hydroxylation sites is 1. The molecule has 2 aromatic carbocycles. The van der Waals surface area contributed by atoms with Crippen molar-refractivity contribution in [3.63, 3.8) is 0 Å². The Bertz CT molecular complexity index is 937. The van der Waals surface area contributed by atoms with Gasteiger partial charge in [0.25, 0.3) is 10.0 Å². The lowest BCUT2D eigenvalue weighted by Gasteiger charge is -2.09. The number of sulfonamides is 1. The zero-order valence-electron chi connectivity index (χ0n) is 13.2. The summed E-state index contributed by atoms with van der Waals surface area (Å²) in [5, 5.41) is 5.55. The minimum Gasteiger partial charge on any atom is -0.488 e. The van der Waals surface area contributed by atoms with Crippen molar-refractivity contribution in [1.29, 1.82) is 0 Å². The molecule has 0 atom stereocenters. The number of hydrogen-bond acceptors (Lipinski definition) is 5. The quantitative estimate of drug-likeness (QED) is 0.509. The Kier molecular flexibility index (Phi) is 5.47. The van der Waals surface area contributed by atoms with Gasteiger partial charge in [0.05, 0.1) is 6.21 Å². The summed E-state index contributed by atoms with van der Waals surface area (Å²) in [5.41, 5.74) is 1.74. The van der Waals surface area contributed by atoms with Crippen LogP contribution < -0.4 is 9.57 Å². The number of benzene rings is 2. The molecule has 3 aromatic rings. The molecule has 0 aliphatic heterocycles. The Morgan fingerprint density at radius 2 is 1.76 bits per heavy atom. The number of nitrogens with zero attached hydrogens (tertiary/aromatic N) is 1. The van der Waals surface area contributed by atoms with Crippen LogP contribution in [0.15, 0.2) is 81.4 Å². The van der Waals surface area contributed by atoms with Crippen LogP contribution in [0, 0.1) is 0 Å². The van der Waals surface area contributed by atoms with Crippen LogP contribution in [-0.2, 0) is 16.6 Å². The molecule has 0 radical (unpaired) electrons. The third-order valence-electron chi connectivity index (χ3n) is 3.29. The second kappa shape index (κ2) is 7.96. The molecule has 7 heteroatoms. The van der Waals surface area contributed by atoms with E-state index in [4.69, 9.17) is 4.74 Å². The molecule has 5 nitrogen and oxygen atoms in total. The van der Waals surface area contributed by atoms with E-state index >= 15 is 0 Å². The summed E-state index contributed by atoms with van der Waals surface area (Å²) in [4.78, 5) is 2.21. The van der Waals surface area contributed by atoms with Gasteiger partial charge in [-0.1, -0.05) is 48.5 Å². The lowest BCUT2D eigenvalue weighted by molar-refractivity contribution is 0.306. The number of rotatable bonds is 7. The highest BCUT2D eigenvalue weighted by Gasteiger charge is 2.13. The number of thiophene rings is 1. The molecular formula is C18H16N2O3S2. The van der Waals surface area contributed by atoms with Gasteiger partial charge in [-0.2, -0.15) is 18.4 Å². The fourth-order valence-electron chi connectivity index (χ4n) is 2.08. The van der Waals surface area contributed by atoms with Crippen molar-refractivity contribution < 1.29 is 13.2 Å². The van der Waals surface area contributed by atoms with E-state index in [-0.39, 0.29) is 4.21 Å². The van der Waals surface area contributed by atoms with Gasteiger partial charge in [0.2, 0.25) is 0 Å². The Hall–Kier alpha value is -2.64. The fraction of sp³-hybridized carbons (Fsp3) is 0.0556. The van der Waals surface area contributed by atoms with E-state index in [0.717, 1.165) is 16.9 Å². The van der Waals surface area contributed by atoms with Crippen molar-refractivity contribution in [3.05, 3.63) is 83.2 Å². The summed E-state index contributed by atoms with van der Waals surface area (Å²) in [6.07, 6.45) is 1.44. The lowest BCUT2D eigenvalue weighted by Crippen LogP contribution is -2.17. The first kappa shape index (κ1) is 17.2. The molecule has 0 bridgehead atoms. The van der Waals surface area contributed by atoms with Crippen molar-refractivity contribution in [1.82, 2.24) is 4.83 Å². The summed E-state index contributed by atoms with van der Waals surface area (Å²) in [5.74, 6) is 0.630. The topological polar surface area (TPSA) is 67.8 Å². The molecule has 0 saturated heterocycles. The van der Waals surface area contributed by atoms with E-state index in [0.29, 0.717) is 17.9 Å². The van der Waals surface area contributed by atoms with E-state index in [9.17, 15) is 8.42 Å². The Morgan fingerprint density at radius 3 is 2.52 bits per heavy atom. The first-order valence-electron chi connectivity index (χ1n) is 7.49. The summed E-state index contributed by atoms with van der Waals surface area (Å²) in [6.45, 7) is 0.423. The molecule has 25 heavy (non-hydrogen) atoms. The number of nitrogens with one attached hydrogen (secondary N) is 1. The van der Waals surface area contributed by atoms with Gasteiger partial charge in [-0.05, 0) is 29.1 Å². The zero-order valence-corrected chi connectivity index (χ0v) is 14.8. The Labute approximate surface area is 150 Å². The van der Waals surface area contributed by atoms with Crippen molar-refractivity contribution in [2.24, 2.45) is 5.10 Å². The molecule has 1 N–H and O–H groups in total. The molecule has 0 aliphatic carbocycles. The van der Waals surface area contributed by atoms with Crippen LogP contribution in [0.2, 0.25) is 0 Å². The van der Waals surface area contributed by atoms with E-state index in [1.54, 1.807) is 11.4 Å². The molecule has 3 rings (SSSR count). The lowest BCUT2D eigenvalue weighted by atomic mass is 10.2. The average molecular weight is 372 g/mol. The summed E-state index contributed by atoms with van der Waals surface area (Å²) >= 11 is 1.14. The highest BCUT2D eigenvalue weighted by molar-refractivity contribution is 7.91. The third-order valence-corrected chi connectivity index (χ3v) is 5.91. The minimum atomic E-state index is -3.63. The largest absolute Gasteiger partial charge is 0.488 e. The molecule has 1 aromatic heterocycles. The van der Waals surface area contributed by atoms with Crippen LogP contribution in [-0.4, -0.2) is 14.6 Å². The maximum atomic E-state index is 12.0. The minimum absolute atomic E-state index is 0.221. The molecule has 0 saturated carbocycles. The SMILES string of the molecule is O=S(=O)(N/N=C/c1ccccc1OCc1ccccc1)c1cccs1. The van der Waals surface area contributed by atoms with Gasteiger partial charge < -0.3 is 4.74 Å². The van der Waals surface area contributed by atoms with Gasteiger partial charge >= 0.3 is 0 Å². The van der Waals surface area contributed by atoms with Crippen molar-refractivity contribution >= 4 is 27.6 Å². The standard InChI is InChI=1S/C18H16N2O3S2/c21-25(22,18-11-6-12-24-18)20-19-13-16-9-4-5-10-17(16)23-14-15-7-2-1-3-8-15/h1-13,20H,14H2/b19-13+. The first-order valence-corrected chi connectivity index (χ1v) is 9.85. The Balaban J connectivity index is 1.68. The molecular weight excluding hydrogens is 356 g/mol. The van der Waals surface area contributed by atoms with Crippen LogP contribution >= 0.6 is 11.3 Å². The molecule has 0 aliphatic rings. The second-order valence-corrected chi connectivity index (χ2v) is 7.93. The Morgan fingerprint density at radius 1 is 1.00 bits per heavy atom. The van der Waals surface area contributed by atoms with Crippen LogP contribution in [0.25, 0.3) is 0 Å². The van der Waals surface area contributed by atoms with Crippen LogP contribution in [0.4, 0.5) is 0 Å². The smallest absolute Gasteiger partial charge is 0.286 e. The number of ether oxygens (including phenoxy) is 1. The van der Waals surface area contributed by atoms with E-state index in [1.807, 2.05) is 54.6 Å². The monoisotopic (exact) mass is 372 g/mol. The van der Waals surface area contributed by atoms with Gasteiger partial charge in [0.15, 0.2) is 0 Å². The first-order chi connectivity index (χ1) is 12.1. The second-order valence-electron chi connectivity index (χ2n) is 5.10. The van der Waals surface area contributed by atoms with Crippen molar-refractivity contribution in [2.45, 2.75) is 10.8 Å². The maximum Gasteiger partial charge on any atom is 0.286 e. The molecule has 128 valence electrons. The third kappa shape index (κ3) is 4.68. The van der Waals surface area contributed by atoms with E-state index in [2.05, 4.69) is 9.93 Å². The van der Waals surface area contributed by atoms with Crippen molar-refractivity contribution in [3.8, 4) is 5.75 Å². The van der Waals surface area contributed by atoms with Gasteiger partial charge in [-0.25, -0.2) is 0 Å². The fourth-order valence-corrected chi connectivity index (χ4v) is 3.85. The normalized spacial score (nSPS) is 11.5. The molecule has 0 spiro atoms. The van der Waals surface area contributed by atoms with Crippen LogP contribution in [0.1, 0.15) is 11.1 Å². The van der Waals surface area contributed by atoms with Crippen LogP contribution in [0.3, 0.4) is 0 Å². The summed E-state index contributed by atoms with van der Waals surface area (Å²) in [7, 11) is -3.63. The highest BCUT2D eigenvalue weighted by Crippen LogP contribution is 2.18. The van der Waals surface area contributed by atoms with Gasteiger partial charge in [-0.15, -0.1) is 11.3 Å². The zero-order chi connectivity index (χ0) is 17.5.